The second-order valence-corrected chi connectivity index (χ2v) is 9.64. The van der Waals surface area contributed by atoms with Crippen molar-refractivity contribution in [3.8, 4) is 11.3 Å². The summed E-state index contributed by atoms with van der Waals surface area (Å²) in [4.78, 5) is 21.5. The van der Waals surface area contributed by atoms with E-state index < -0.39 is 0 Å². The average Bonchev–Trinajstić information content (AvgIpc) is 3.25. The maximum absolute atomic E-state index is 13.3. The van der Waals surface area contributed by atoms with Crippen LogP contribution in [-0.2, 0) is 13.1 Å². The summed E-state index contributed by atoms with van der Waals surface area (Å²) in [5.74, 6) is -0.148. The van der Waals surface area contributed by atoms with Gasteiger partial charge in [0.25, 0.3) is 5.91 Å². The van der Waals surface area contributed by atoms with Gasteiger partial charge in [-0.05, 0) is 53.6 Å². The van der Waals surface area contributed by atoms with Gasteiger partial charge in [0.05, 0.1) is 16.8 Å². The van der Waals surface area contributed by atoms with E-state index in [2.05, 4.69) is 48.2 Å². The molecule has 3 aromatic carbocycles. The third-order valence-corrected chi connectivity index (χ3v) is 6.63. The third kappa shape index (κ3) is 4.44. The highest BCUT2D eigenvalue weighted by molar-refractivity contribution is 9.10. The van der Waals surface area contributed by atoms with Crippen molar-refractivity contribution >= 4 is 59.6 Å². The predicted octanol–water partition coefficient (Wildman–Crippen LogP) is 6.30. The molecular weight excluding hydrogens is 544 g/mol. The van der Waals surface area contributed by atoms with E-state index in [-0.39, 0.29) is 5.91 Å². The highest BCUT2D eigenvalue weighted by Gasteiger charge is 2.16. The lowest BCUT2D eigenvalue weighted by Gasteiger charge is -2.11. The van der Waals surface area contributed by atoms with Crippen LogP contribution in [0.2, 0.25) is 0 Å². The molecule has 0 radical (unpaired) electrons. The summed E-state index contributed by atoms with van der Waals surface area (Å²) in [6.45, 7) is 0.925. The Labute approximate surface area is 207 Å². The van der Waals surface area contributed by atoms with Crippen molar-refractivity contribution in [3.05, 3.63) is 98.6 Å². The van der Waals surface area contributed by atoms with Crippen molar-refractivity contribution < 1.29 is 4.79 Å². The molecule has 0 aliphatic rings. The van der Waals surface area contributed by atoms with E-state index in [1.165, 1.54) is 0 Å². The SMILES string of the molecule is NCc1ccc(CNC(=O)c2cc(-c3c[nH]c4ccc(Br)cc34)nc3ccc(Br)cc23)cc1. The first kappa shape index (κ1) is 21.8. The quantitative estimate of drug-likeness (QED) is 0.235. The molecule has 0 fully saturated rings. The minimum Gasteiger partial charge on any atom is -0.360 e. The van der Waals surface area contributed by atoms with Crippen LogP contribution in [-0.4, -0.2) is 15.9 Å². The zero-order valence-electron chi connectivity index (χ0n) is 17.5. The van der Waals surface area contributed by atoms with Crippen LogP contribution < -0.4 is 11.1 Å². The lowest BCUT2D eigenvalue weighted by molar-refractivity contribution is 0.0952. The number of H-pyrrole nitrogens is 1. The van der Waals surface area contributed by atoms with Gasteiger partial charge in [-0.1, -0.05) is 56.1 Å². The number of carbonyl (C=O) groups excluding carboxylic acids is 1. The molecule has 4 N–H and O–H groups in total. The van der Waals surface area contributed by atoms with E-state index >= 15 is 0 Å². The normalized spacial score (nSPS) is 11.2. The van der Waals surface area contributed by atoms with E-state index in [0.717, 1.165) is 53.1 Å². The number of aromatic amines is 1. The van der Waals surface area contributed by atoms with Crippen LogP contribution in [0, 0.1) is 0 Å². The van der Waals surface area contributed by atoms with E-state index in [4.69, 9.17) is 10.7 Å². The largest absolute Gasteiger partial charge is 0.360 e. The molecule has 5 nitrogen and oxygen atoms in total. The monoisotopic (exact) mass is 562 g/mol. The number of nitrogens with zero attached hydrogens (tertiary/aromatic N) is 1. The molecule has 0 saturated heterocycles. The number of hydrogen-bond acceptors (Lipinski definition) is 3. The maximum Gasteiger partial charge on any atom is 0.252 e. The summed E-state index contributed by atoms with van der Waals surface area (Å²) in [7, 11) is 0. The first-order valence-electron chi connectivity index (χ1n) is 10.5. The second kappa shape index (κ2) is 9.09. The number of fused-ring (bicyclic) bond motifs is 2. The average molecular weight is 564 g/mol. The number of amides is 1. The van der Waals surface area contributed by atoms with E-state index in [9.17, 15) is 4.79 Å². The van der Waals surface area contributed by atoms with Gasteiger partial charge >= 0.3 is 0 Å². The zero-order chi connectivity index (χ0) is 22.9. The van der Waals surface area contributed by atoms with Crippen LogP contribution >= 0.6 is 31.9 Å². The predicted molar refractivity (Wildman–Crippen MR) is 140 cm³/mol. The molecular formula is C26H20Br2N4O. The third-order valence-electron chi connectivity index (χ3n) is 5.65. The highest BCUT2D eigenvalue weighted by atomic mass is 79.9. The van der Waals surface area contributed by atoms with Gasteiger partial charge in [0.1, 0.15) is 0 Å². The molecule has 2 heterocycles. The number of hydrogen-bond donors (Lipinski definition) is 3. The van der Waals surface area contributed by atoms with Crippen molar-refractivity contribution in [2.24, 2.45) is 5.73 Å². The van der Waals surface area contributed by atoms with Crippen molar-refractivity contribution in [1.82, 2.24) is 15.3 Å². The molecule has 0 saturated carbocycles. The van der Waals surface area contributed by atoms with Gasteiger partial charge in [-0.2, -0.15) is 0 Å². The fourth-order valence-corrected chi connectivity index (χ4v) is 4.62. The first-order chi connectivity index (χ1) is 16.0. The van der Waals surface area contributed by atoms with Gasteiger partial charge < -0.3 is 16.0 Å². The molecule has 5 aromatic rings. The fraction of sp³-hybridized carbons (Fsp3) is 0.0769. The Morgan fingerprint density at radius 2 is 1.61 bits per heavy atom. The van der Waals surface area contributed by atoms with E-state index in [1.54, 1.807) is 0 Å². The van der Waals surface area contributed by atoms with Crippen molar-refractivity contribution in [1.29, 1.82) is 0 Å². The molecule has 0 spiro atoms. The number of benzene rings is 3. The lowest BCUT2D eigenvalue weighted by Crippen LogP contribution is -2.23. The highest BCUT2D eigenvalue weighted by Crippen LogP contribution is 2.33. The van der Waals surface area contributed by atoms with Crippen LogP contribution in [0.3, 0.4) is 0 Å². The summed E-state index contributed by atoms with van der Waals surface area (Å²) in [6, 6.07) is 21.7. The van der Waals surface area contributed by atoms with Crippen molar-refractivity contribution in [2.75, 3.05) is 0 Å². The van der Waals surface area contributed by atoms with Gasteiger partial charge in [0.2, 0.25) is 0 Å². The Morgan fingerprint density at radius 1 is 0.909 bits per heavy atom. The molecule has 2 aromatic heterocycles. The molecule has 33 heavy (non-hydrogen) atoms. The van der Waals surface area contributed by atoms with Crippen LogP contribution in [0.4, 0.5) is 0 Å². The first-order valence-corrected chi connectivity index (χ1v) is 12.0. The summed E-state index contributed by atoms with van der Waals surface area (Å²) >= 11 is 7.07. The topological polar surface area (TPSA) is 83.8 Å². The number of nitrogens with one attached hydrogen (secondary N) is 2. The van der Waals surface area contributed by atoms with Crippen LogP contribution in [0.25, 0.3) is 33.1 Å². The minimum atomic E-state index is -0.148. The van der Waals surface area contributed by atoms with Crippen molar-refractivity contribution in [3.63, 3.8) is 0 Å². The van der Waals surface area contributed by atoms with Crippen molar-refractivity contribution in [2.45, 2.75) is 13.1 Å². The zero-order valence-corrected chi connectivity index (χ0v) is 20.7. The smallest absolute Gasteiger partial charge is 0.252 e. The molecule has 7 heteroatoms. The molecule has 164 valence electrons. The summed E-state index contributed by atoms with van der Waals surface area (Å²) in [6.07, 6.45) is 1.94. The standard InChI is InChI=1S/C26H20Br2N4O/c27-17-5-7-23-20(10-17)22(14-30-23)25-11-21(19-9-18(28)6-8-24(19)32-25)26(33)31-13-16-3-1-15(12-29)2-4-16/h1-11,14,30H,12-13,29H2,(H,31,33). The summed E-state index contributed by atoms with van der Waals surface area (Å²) in [5.41, 5.74) is 11.8. The molecule has 0 unspecified atom stereocenters. The Balaban J connectivity index is 1.55. The van der Waals surface area contributed by atoms with Crippen LogP contribution in [0.5, 0.6) is 0 Å². The summed E-state index contributed by atoms with van der Waals surface area (Å²) < 4.78 is 1.88. The molecule has 0 aliphatic heterocycles. The van der Waals surface area contributed by atoms with Gasteiger partial charge in [-0.3, -0.25) is 4.79 Å². The number of pyridine rings is 1. The number of nitrogens with two attached hydrogens (primary N) is 1. The summed E-state index contributed by atoms with van der Waals surface area (Å²) in [5, 5.41) is 4.89. The molecule has 1 amide bonds. The van der Waals surface area contributed by atoms with Crippen LogP contribution in [0.15, 0.2) is 81.9 Å². The van der Waals surface area contributed by atoms with E-state index in [0.29, 0.717) is 18.7 Å². The second-order valence-electron chi connectivity index (χ2n) is 7.81. The van der Waals surface area contributed by atoms with Gasteiger partial charge in [-0.15, -0.1) is 0 Å². The van der Waals surface area contributed by atoms with Gasteiger partial charge in [-0.25, -0.2) is 4.98 Å². The minimum absolute atomic E-state index is 0.148. The Morgan fingerprint density at radius 3 is 2.36 bits per heavy atom. The number of halogens is 2. The molecule has 0 atom stereocenters. The molecule has 0 aliphatic carbocycles. The Kier molecular flexibility index (Phi) is 6.01. The maximum atomic E-state index is 13.3. The number of aromatic nitrogens is 2. The van der Waals surface area contributed by atoms with Crippen LogP contribution in [0.1, 0.15) is 21.5 Å². The van der Waals surface area contributed by atoms with E-state index in [1.807, 2.05) is 66.9 Å². The lowest BCUT2D eigenvalue weighted by atomic mass is 10.0. The number of carbonyl (C=O) groups is 1. The fourth-order valence-electron chi connectivity index (χ4n) is 3.90. The Hall–Kier alpha value is -3.00. The van der Waals surface area contributed by atoms with Gasteiger partial charge in [0.15, 0.2) is 0 Å². The molecule has 5 rings (SSSR count). The molecule has 0 bridgehead atoms. The Bertz CT molecular complexity index is 1490. The van der Waals surface area contributed by atoms with Gasteiger partial charge in [0, 0.05) is 50.1 Å². The number of rotatable bonds is 5.